The van der Waals surface area contributed by atoms with Crippen LogP contribution in [0.1, 0.15) is 5.56 Å². The third-order valence-corrected chi connectivity index (χ3v) is 3.74. The normalized spacial score (nSPS) is 12.0. The first-order chi connectivity index (χ1) is 7.45. The van der Waals surface area contributed by atoms with E-state index in [0.717, 1.165) is 5.56 Å². The lowest BCUT2D eigenvalue weighted by molar-refractivity contribution is 0.174. The van der Waals surface area contributed by atoms with Gasteiger partial charge in [-0.05, 0) is 30.7 Å². The molecule has 6 heteroatoms. The minimum atomic E-state index is -3.87. The monoisotopic (exact) mass is 249 g/mol. The van der Waals surface area contributed by atoms with Gasteiger partial charge in [0.15, 0.2) is 9.84 Å². The molecule has 0 bridgehead atoms. The van der Waals surface area contributed by atoms with E-state index < -0.39 is 22.0 Å². The molecule has 0 saturated carbocycles. The average molecular weight is 249 g/mol. The Morgan fingerprint density at radius 2 is 1.75 bits per heavy atom. The highest BCUT2D eigenvalue weighted by molar-refractivity contribution is 7.91. The second-order valence-corrected chi connectivity index (χ2v) is 5.39. The zero-order chi connectivity index (χ0) is 12.2. The van der Waals surface area contributed by atoms with Crippen LogP contribution >= 0.6 is 0 Å². The van der Waals surface area contributed by atoms with E-state index in [-0.39, 0.29) is 4.90 Å². The SMILES string of the molecule is NCCc1ccc(S(=O)(=O)CC(F)F)cc1. The highest BCUT2D eigenvalue weighted by atomic mass is 32.2. The van der Waals surface area contributed by atoms with Crippen molar-refractivity contribution in [1.82, 2.24) is 0 Å². The molecule has 90 valence electrons. The maximum Gasteiger partial charge on any atom is 0.252 e. The average Bonchev–Trinajstić information content (AvgIpc) is 2.17. The molecule has 0 radical (unpaired) electrons. The fraction of sp³-hybridized carbons (Fsp3) is 0.400. The molecule has 0 aliphatic heterocycles. The summed E-state index contributed by atoms with van der Waals surface area (Å²) in [6.07, 6.45) is -2.22. The third-order valence-electron chi connectivity index (χ3n) is 2.06. The summed E-state index contributed by atoms with van der Waals surface area (Å²) in [5, 5.41) is 0. The Morgan fingerprint density at radius 1 is 1.19 bits per heavy atom. The molecule has 0 spiro atoms. The minimum absolute atomic E-state index is 0.0754. The van der Waals surface area contributed by atoms with Crippen molar-refractivity contribution >= 4 is 9.84 Å². The summed E-state index contributed by atoms with van der Waals surface area (Å²) in [4.78, 5) is -0.0754. The number of halogens is 2. The van der Waals surface area contributed by atoms with Crippen molar-refractivity contribution in [2.75, 3.05) is 12.3 Å². The third kappa shape index (κ3) is 3.53. The number of hydrogen-bond acceptors (Lipinski definition) is 3. The second-order valence-electron chi connectivity index (χ2n) is 3.36. The van der Waals surface area contributed by atoms with Crippen LogP contribution < -0.4 is 5.73 Å². The molecule has 0 aromatic heterocycles. The molecule has 1 aromatic carbocycles. The van der Waals surface area contributed by atoms with Gasteiger partial charge in [0.2, 0.25) is 0 Å². The van der Waals surface area contributed by atoms with Crippen molar-refractivity contribution in [1.29, 1.82) is 0 Å². The Morgan fingerprint density at radius 3 is 2.19 bits per heavy atom. The van der Waals surface area contributed by atoms with Crippen molar-refractivity contribution in [2.45, 2.75) is 17.7 Å². The van der Waals surface area contributed by atoms with E-state index in [4.69, 9.17) is 5.73 Å². The van der Waals surface area contributed by atoms with Crippen LogP contribution in [0.4, 0.5) is 8.78 Å². The van der Waals surface area contributed by atoms with Gasteiger partial charge in [0.1, 0.15) is 5.75 Å². The van der Waals surface area contributed by atoms with E-state index >= 15 is 0 Å². The molecule has 0 saturated heterocycles. The fourth-order valence-corrected chi connectivity index (χ4v) is 2.37. The first-order valence-corrected chi connectivity index (χ1v) is 6.41. The number of nitrogens with two attached hydrogens (primary N) is 1. The Hall–Kier alpha value is -1.01. The van der Waals surface area contributed by atoms with Crippen LogP contribution in [-0.4, -0.2) is 27.1 Å². The molecule has 16 heavy (non-hydrogen) atoms. The first kappa shape index (κ1) is 13.1. The van der Waals surface area contributed by atoms with E-state index in [1.54, 1.807) is 12.1 Å². The standard InChI is InChI=1S/C10H13F2NO2S/c11-10(12)7-16(14,15)9-3-1-8(2-4-9)5-6-13/h1-4,10H,5-7,13H2. The molecule has 2 N–H and O–H groups in total. The molecule has 1 rings (SSSR count). The van der Waals surface area contributed by atoms with Gasteiger partial charge >= 0.3 is 0 Å². The zero-order valence-corrected chi connectivity index (χ0v) is 9.38. The summed E-state index contributed by atoms with van der Waals surface area (Å²) in [5.41, 5.74) is 6.22. The van der Waals surface area contributed by atoms with E-state index in [1.807, 2.05) is 0 Å². The van der Waals surface area contributed by atoms with Gasteiger partial charge in [-0.2, -0.15) is 0 Å². The molecule has 0 heterocycles. The number of rotatable bonds is 5. The predicted octanol–water partition coefficient (Wildman–Crippen LogP) is 1.23. The summed E-state index contributed by atoms with van der Waals surface area (Å²) in [5.74, 6) is -1.14. The Kier molecular flexibility index (Phi) is 4.37. The topological polar surface area (TPSA) is 60.2 Å². The van der Waals surface area contributed by atoms with Gasteiger partial charge in [0.05, 0.1) is 4.90 Å². The zero-order valence-electron chi connectivity index (χ0n) is 8.57. The fourth-order valence-electron chi connectivity index (χ4n) is 1.29. The van der Waals surface area contributed by atoms with Gasteiger partial charge in [-0.3, -0.25) is 0 Å². The van der Waals surface area contributed by atoms with Crippen molar-refractivity contribution in [3.8, 4) is 0 Å². The number of sulfone groups is 1. The van der Waals surface area contributed by atoms with Crippen LogP contribution in [0.5, 0.6) is 0 Å². The lowest BCUT2D eigenvalue weighted by atomic mass is 10.2. The summed E-state index contributed by atoms with van der Waals surface area (Å²) in [7, 11) is -3.87. The summed E-state index contributed by atoms with van der Waals surface area (Å²) in [6.45, 7) is 0.461. The number of alkyl halides is 2. The summed E-state index contributed by atoms with van der Waals surface area (Å²) in [6, 6.07) is 5.85. The second kappa shape index (κ2) is 5.36. The van der Waals surface area contributed by atoms with Gasteiger partial charge in [-0.25, -0.2) is 17.2 Å². The quantitative estimate of drug-likeness (QED) is 0.853. The van der Waals surface area contributed by atoms with Crippen LogP contribution in [0.15, 0.2) is 29.2 Å². The van der Waals surface area contributed by atoms with Crippen LogP contribution in [0.3, 0.4) is 0 Å². The maximum absolute atomic E-state index is 12.0. The van der Waals surface area contributed by atoms with Crippen molar-refractivity contribution in [3.05, 3.63) is 29.8 Å². The molecule has 0 fully saturated rings. The Bertz CT molecular complexity index is 429. The summed E-state index contributed by atoms with van der Waals surface area (Å²) >= 11 is 0. The molecular formula is C10H13F2NO2S. The summed E-state index contributed by atoms with van der Waals surface area (Å²) < 4.78 is 46.9. The van der Waals surface area contributed by atoms with Crippen LogP contribution in [0.25, 0.3) is 0 Å². The highest BCUT2D eigenvalue weighted by Crippen LogP contribution is 2.14. The first-order valence-electron chi connectivity index (χ1n) is 4.75. The number of benzene rings is 1. The van der Waals surface area contributed by atoms with E-state index in [9.17, 15) is 17.2 Å². The molecule has 0 aliphatic carbocycles. The Labute approximate surface area is 93.2 Å². The molecular weight excluding hydrogens is 236 g/mol. The van der Waals surface area contributed by atoms with Crippen molar-refractivity contribution in [2.24, 2.45) is 5.73 Å². The lowest BCUT2D eigenvalue weighted by Crippen LogP contribution is -2.13. The van der Waals surface area contributed by atoms with Gasteiger partial charge in [0, 0.05) is 0 Å². The van der Waals surface area contributed by atoms with Gasteiger partial charge in [0.25, 0.3) is 6.43 Å². The van der Waals surface area contributed by atoms with Crippen molar-refractivity contribution < 1.29 is 17.2 Å². The molecule has 3 nitrogen and oxygen atoms in total. The molecule has 0 amide bonds. The van der Waals surface area contributed by atoms with E-state index in [2.05, 4.69) is 0 Å². The molecule has 0 atom stereocenters. The molecule has 0 aliphatic rings. The lowest BCUT2D eigenvalue weighted by Gasteiger charge is -2.04. The van der Waals surface area contributed by atoms with Crippen LogP contribution in [0.2, 0.25) is 0 Å². The van der Waals surface area contributed by atoms with E-state index in [0.29, 0.717) is 13.0 Å². The molecule has 0 unspecified atom stereocenters. The minimum Gasteiger partial charge on any atom is -0.330 e. The highest BCUT2D eigenvalue weighted by Gasteiger charge is 2.20. The largest absolute Gasteiger partial charge is 0.330 e. The van der Waals surface area contributed by atoms with Gasteiger partial charge in [-0.15, -0.1) is 0 Å². The van der Waals surface area contributed by atoms with Gasteiger partial charge in [-0.1, -0.05) is 12.1 Å². The van der Waals surface area contributed by atoms with Crippen LogP contribution in [-0.2, 0) is 16.3 Å². The Balaban J connectivity index is 2.89. The van der Waals surface area contributed by atoms with Gasteiger partial charge < -0.3 is 5.73 Å². The smallest absolute Gasteiger partial charge is 0.252 e. The maximum atomic E-state index is 12.0. The van der Waals surface area contributed by atoms with Crippen LogP contribution in [0, 0.1) is 0 Å². The van der Waals surface area contributed by atoms with E-state index in [1.165, 1.54) is 12.1 Å². The number of hydrogen-bond donors (Lipinski definition) is 1. The molecule has 1 aromatic rings. The van der Waals surface area contributed by atoms with Crippen molar-refractivity contribution in [3.63, 3.8) is 0 Å². The predicted molar refractivity (Wildman–Crippen MR) is 57.3 cm³/mol.